The smallest absolute Gasteiger partial charge is 0.326 e. The SMILES string of the molecule is N[C@@H](C(=O)O)c1ccc2ccccc2n1. The van der Waals surface area contributed by atoms with E-state index in [1.807, 2.05) is 30.3 Å². The van der Waals surface area contributed by atoms with Crippen LogP contribution in [0.3, 0.4) is 0 Å². The van der Waals surface area contributed by atoms with Crippen LogP contribution in [0.15, 0.2) is 36.4 Å². The first kappa shape index (κ1) is 9.61. The first-order valence-corrected chi connectivity index (χ1v) is 4.52. The highest BCUT2D eigenvalue weighted by Gasteiger charge is 2.15. The van der Waals surface area contributed by atoms with E-state index in [4.69, 9.17) is 10.8 Å². The van der Waals surface area contributed by atoms with Crippen LogP contribution in [0.4, 0.5) is 0 Å². The summed E-state index contributed by atoms with van der Waals surface area (Å²) in [6.45, 7) is 0. The van der Waals surface area contributed by atoms with Gasteiger partial charge in [-0.15, -0.1) is 0 Å². The van der Waals surface area contributed by atoms with E-state index in [0.29, 0.717) is 5.69 Å². The van der Waals surface area contributed by atoms with E-state index in [0.717, 1.165) is 10.9 Å². The van der Waals surface area contributed by atoms with Gasteiger partial charge in [-0.25, -0.2) is 0 Å². The van der Waals surface area contributed by atoms with E-state index in [1.165, 1.54) is 0 Å². The fourth-order valence-corrected chi connectivity index (χ4v) is 1.38. The normalized spacial score (nSPS) is 12.6. The van der Waals surface area contributed by atoms with Crippen molar-refractivity contribution in [1.29, 1.82) is 0 Å². The molecule has 15 heavy (non-hydrogen) atoms. The number of carboxylic acids is 1. The number of benzene rings is 1. The second kappa shape index (κ2) is 3.67. The van der Waals surface area contributed by atoms with Crippen LogP contribution in [0.1, 0.15) is 11.7 Å². The van der Waals surface area contributed by atoms with Gasteiger partial charge in [0.05, 0.1) is 11.2 Å². The number of carbonyl (C=O) groups is 1. The monoisotopic (exact) mass is 202 g/mol. The van der Waals surface area contributed by atoms with Gasteiger partial charge in [-0.2, -0.15) is 0 Å². The van der Waals surface area contributed by atoms with E-state index in [9.17, 15) is 4.79 Å². The maximum Gasteiger partial charge on any atom is 0.326 e. The first-order valence-electron chi connectivity index (χ1n) is 4.52. The van der Waals surface area contributed by atoms with Gasteiger partial charge < -0.3 is 10.8 Å². The van der Waals surface area contributed by atoms with Gasteiger partial charge in [0.2, 0.25) is 0 Å². The molecule has 0 amide bonds. The Morgan fingerprint density at radius 1 is 1.27 bits per heavy atom. The van der Waals surface area contributed by atoms with E-state index >= 15 is 0 Å². The predicted molar refractivity (Wildman–Crippen MR) is 56.3 cm³/mol. The quantitative estimate of drug-likeness (QED) is 0.770. The highest BCUT2D eigenvalue weighted by molar-refractivity contribution is 5.80. The van der Waals surface area contributed by atoms with Crippen LogP contribution in [0.5, 0.6) is 0 Å². The van der Waals surface area contributed by atoms with Gasteiger partial charge in [0.25, 0.3) is 0 Å². The summed E-state index contributed by atoms with van der Waals surface area (Å²) in [6, 6.07) is 9.90. The summed E-state index contributed by atoms with van der Waals surface area (Å²) >= 11 is 0. The summed E-state index contributed by atoms with van der Waals surface area (Å²) in [5.74, 6) is -1.07. The molecule has 1 aromatic heterocycles. The van der Waals surface area contributed by atoms with Gasteiger partial charge in [-0.3, -0.25) is 9.78 Å². The molecule has 3 N–H and O–H groups in total. The maximum absolute atomic E-state index is 10.7. The second-order valence-corrected chi connectivity index (χ2v) is 3.24. The van der Waals surface area contributed by atoms with Crippen LogP contribution in [-0.2, 0) is 4.79 Å². The molecule has 0 saturated heterocycles. The van der Waals surface area contributed by atoms with Crippen LogP contribution in [0.2, 0.25) is 0 Å². The minimum atomic E-state index is -1.07. The standard InChI is InChI=1S/C11H10N2O2/c12-10(11(14)15)9-6-5-7-3-1-2-4-8(7)13-9/h1-6,10H,12H2,(H,14,15)/t10-/m1/s1. The molecule has 1 atom stereocenters. The van der Waals surface area contributed by atoms with Crippen LogP contribution < -0.4 is 5.73 Å². The lowest BCUT2D eigenvalue weighted by atomic mass is 10.1. The molecule has 0 radical (unpaired) electrons. The van der Waals surface area contributed by atoms with Crippen molar-refractivity contribution >= 4 is 16.9 Å². The number of nitrogens with zero attached hydrogens (tertiary/aromatic N) is 1. The number of carboxylic acid groups (broad SMARTS) is 1. The van der Waals surface area contributed by atoms with Gasteiger partial charge >= 0.3 is 5.97 Å². The van der Waals surface area contributed by atoms with Crippen LogP contribution in [0, 0.1) is 0 Å². The highest BCUT2D eigenvalue weighted by Crippen LogP contribution is 2.15. The van der Waals surface area contributed by atoms with Crippen molar-refractivity contribution in [3.05, 3.63) is 42.1 Å². The molecule has 0 aliphatic carbocycles. The van der Waals surface area contributed by atoms with Gasteiger partial charge in [0, 0.05) is 5.39 Å². The molecule has 4 heteroatoms. The Morgan fingerprint density at radius 2 is 2.00 bits per heavy atom. The fourth-order valence-electron chi connectivity index (χ4n) is 1.38. The number of hydrogen-bond acceptors (Lipinski definition) is 3. The molecule has 0 saturated carbocycles. The Morgan fingerprint density at radius 3 is 2.73 bits per heavy atom. The van der Waals surface area contributed by atoms with E-state index < -0.39 is 12.0 Å². The van der Waals surface area contributed by atoms with Crippen molar-refractivity contribution in [2.24, 2.45) is 5.73 Å². The Hall–Kier alpha value is -1.94. The zero-order valence-electron chi connectivity index (χ0n) is 7.92. The molecular formula is C11H10N2O2. The number of nitrogens with two attached hydrogens (primary N) is 1. The van der Waals surface area contributed by atoms with Crippen molar-refractivity contribution in [2.45, 2.75) is 6.04 Å². The molecule has 0 unspecified atom stereocenters. The van der Waals surface area contributed by atoms with Gasteiger partial charge in [-0.05, 0) is 12.1 Å². The number of aromatic nitrogens is 1. The second-order valence-electron chi connectivity index (χ2n) is 3.24. The molecule has 1 heterocycles. The Balaban J connectivity index is 2.51. The van der Waals surface area contributed by atoms with E-state index in [-0.39, 0.29) is 0 Å². The molecule has 0 spiro atoms. The van der Waals surface area contributed by atoms with Crippen molar-refractivity contribution < 1.29 is 9.90 Å². The maximum atomic E-state index is 10.7. The van der Waals surface area contributed by atoms with E-state index in [1.54, 1.807) is 6.07 Å². The molecule has 0 aliphatic rings. The summed E-state index contributed by atoms with van der Waals surface area (Å²) in [5.41, 5.74) is 6.60. The molecular weight excluding hydrogens is 192 g/mol. The summed E-state index contributed by atoms with van der Waals surface area (Å²) in [4.78, 5) is 14.9. The molecule has 76 valence electrons. The summed E-state index contributed by atoms with van der Waals surface area (Å²) < 4.78 is 0. The number of para-hydroxylation sites is 1. The fraction of sp³-hybridized carbons (Fsp3) is 0.0909. The summed E-state index contributed by atoms with van der Waals surface area (Å²) in [5, 5.41) is 9.71. The Kier molecular flexibility index (Phi) is 2.35. The number of fused-ring (bicyclic) bond motifs is 1. The third kappa shape index (κ3) is 1.80. The minimum absolute atomic E-state index is 0.376. The third-order valence-electron chi connectivity index (χ3n) is 2.20. The number of rotatable bonds is 2. The lowest BCUT2D eigenvalue weighted by molar-refractivity contribution is -0.138. The highest BCUT2D eigenvalue weighted by atomic mass is 16.4. The Bertz CT molecular complexity index is 511. The lowest BCUT2D eigenvalue weighted by Crippen LogP contribution is -2.21. The third-order valence-corrected chi connectivity index (χ3v) is 2.20. The van der Waals surface area contributed by atoms with E-state index in [2.05, 4.69) is 4.98 Å². The number of aliphatic carboxylic acids is 1. The van der Waals surface area contributed by atoms with Crippen LogP contribution in [-0.4, -0.2) is 16.1 Å². The molecule has 0 bridgehead atoms. The summed E-state index contributed by atoms with van der Waals surface area (Å²) in [7, 11) is 0. The number of pyridine rings is 1. The predicted octanol–water partition coefficient (Wildman–Crippen LogP) is 1.32. The average molecular weight is 202 g/mol. The molecule has 2 aromatic rings. The van der Waals surface area contributed by atoms with Crippen LogP contribution in [0.25, 0.3) is 10.9 Å². The number of hydrogen-bond donors (Lipinski definition) is 2. The lowest BCUT2D eigenvalue weighted by Gasteiger charge is -2.06. The first-order chi connectivity index (χ1) is 7.18. The minimum Gasteiger partial charge on any atom is -0.480 e. The van der Waals surface area contributed by atoms with Gasteiger partial charge in [-0.1, -0.05) is 24.3 Å². The average Bonchev–Trinajstić information content (AvgIpc) is 2.27. The van der Waals surface area contributed by atoms with Gasteiger partial charge in [0.1, 0.15) is 6.04 Å². The van der Waals surface area contributed by atoms with Crippen molar-refractivity contribution in [1.82, 2.24) is 4.98 Å². The molecule has 4 nitrogen and oxygen atoms in total. The van der Waals surface area contributed by atoms with Gasteiger partial charge in [0.15, 0.2) is 0 Å². The van der Waals surface area contributed by atoms with Crippen molar-refractivity contribution in [3.8, 4) is 0 Å². The molecule has 0 aliphatic heterocycles. The van der Waals surface area contributed by atoms with Crippen LogP contribution >= 0.6 is 0 Å². The molecule has 2 rings (SSSR count). The summed E-state index contributed by atoms with van der Waals surface area (Å²) in [6.07, 6.45) is 0. The topological polar surface area (TPSA) is 76.2 Å². The zero-order chi connectivity index (χ0) is 10.8. The zero-order valence-corrected chi connectivity index (χ0v) is 7.92. The molecule has 0 fully saturated rings. The molecule has 1 aromatic carbocycles. The largest absolute Gasteiger partial charge is 0.480 e. The van der Waals surface area contributed by atoms with Crippen molar-refractivity contribution in [3.63, 3.8) is 0 Å². The van der Waals surface area contributed by atoms with Crippen molar-refractivity contribution in [2.75, 3.05) is 0 Å². The Labute approximate surface area is 86.4 Å².